The molecular weight excluding hydrogens is 143 g/mol. The Balaban J connectivity index is 2.93. The Hall–Kier alpha value is -1.05. The van der Waals surface area contributed by atoms with E-state index in [0.717, 1.165) is 5.56 Å². The van der Waals surface area contributed by atoms with Gasteiger partial charge in [0.25, 0.3) is 0 Å². The number of aryl methyl sites for hydroxylation is 2. The van der Waals surface area contributed by atoms with Gasteiger partial charge in [0.15, 0.2) is 0 Å². The molecule has 0 aromatic heterocycles. The highest BCUT2D eigenvalue weighted by Gasteiger charge is 1.99. The molecule has 0 saturated carbocycles. The third-order valence-electron chi connectivity index (χ3n) is 1.60. The molecule has 1 rings (SSSR count). The summed E-state index contributed by atoms with van der Waals surface area (Å²) in [6.45, 7) is 1.50. The molecule has 1 nitrogen and oxygen atoms in total. The average Bonchev–Trinajstić information content (AvgIpc) is 1.98. The first-order valence-electron chi connectivity index (χ1n) is 3.58. The lowest BCUT2D eigenvalue weighted by molar-refractivity contribution is 0.452. The van der Waals surface area contributed by atoms with Crippen LogP contribution in [0.4, 0.5) is 4.39 Å². The lowest BCUT2D eigenvalue weighted by Gasteiger charge is -2.01. The Morgan fingerprint density at radius 3 is 2.82 bits per heavy atom. The van der Waals surface area contributed by atoms with Crippen LogP contribution in [0.15, 0.2) is 18.2 Å². The first-order valence-corrected chi connectivity index (χ1v) is 3.58. The van der Waals surface area contributed by atoms with Crippen LogP contribution in [0.25, 0.3) is 0 Å². The fourth-order valence-electron chi connectivity index (χ4n) is 1.02. The first kappa shape index (κ1) is 8.05. The van der Waals surface area contributed by atoms with Crippen molar-refractivity contribution in [2.24, 2.45) is 0 Å². The maximum Gasteiger partial charge on any atom is 0.118 e. The average molecular weight is 154 g/mol. The van der Waals surface area contributed by atoms with Crippen molar-refractivity contribution >= 4 is 0 Å². The summed E-state index contributed by atoms with van der Waals surface area (Å²) in [6, 6.07) is 5.20. The van der Waals surface area contributed by atoms with Gasteiger partial charge in [-0.05, 0) is 18.6 Å². The molecule has 0 atom stereocenters. The quantitative estimate of drug-likeness (QED) is 0.692. The molecule has 0 aliphatic carbocycles. The predicted octanol–water partition coefficient (Wildman–Crippen LogP) is 2.21. The minimum absolute atomic E-state index is 0.188. The second-order valence-corrected chi connectivity index (χ2v) is 2.57. The first-order chi connectivity index (χ1) is 5.24. The zero-order chi connectivity index (χ0) is 8.27. The van der Waals surface area contributed by atoms with Crippen molar-refractivity contribution in [2.45, 2.75) is 13.3 Å². The van der Waals surface area contributed by atoms with Gasteiger partial charge in [0, 0.05) is 6.42 Å². The molecular formula is C9H11FO. The zero-order valence-electron chi connectivity index (χ0n) is 6.47. The smallest absolute Gasteiger partial charge is 0.118 e. The molecule has 2 heteroatoms. The number of benzene rings is 1. The molecule has 1 aromatic carbocycles. The van der Waals surface area contributed by atoms with Crippen LogP contribution in [0.1, 0.15) is 11.1 Å². The summed E-state index contributed by atoms with van der Waals surface area (Å²) in [5.41, 5.74) is 1.73. The van der Waals surface area contributed by atoms with Crippen LogP contribution < -0.4 is 0 Å². The van der Waals surface area contributed by atoms with E-state index in [1.54, 1.807) is 18.2 Å². The lowest BCUT2D eigenvalue weighted by atomic mass is 10.1. The van der Waals surface area contributed by atoms with E-state index in [9.17, 15) is 9.50 Å². The van der Waals surface area contributed by atoms with Crippen molar-refractivity contribution in [2.75, 3.05) is 6.67 Å². The van der Waals surface area contributed by atoms with E-state index >= 15 is 0 Å². The maximum atomic E-state index is 11.9. The molecule has 0 spiro atoms. The topological polar surface area (TPSA) is 20.2 Å². The van der Waals surface area contributed by atoms with Crippen LogP contribution in [-0.2, 0) is 6.42 Å². The SMILES string of the molecule is Cc1ccc(O)c(CCF)c1. The maximum absolute atomic E-state index is 11.9. The Morgan fingerprint density at radius 2 is 2.18 bits per heavy atom. The van der Waals surface area contributed by atoms with E-state index in [0.29, 0.717) is 12.0 Å². The highest BCUT2D eigenvalue weighted by Crippen LogP contribution is 2.18. The van der Waals surface area contributed by atoms with Crippen LogP contribution in [0.5, 0.6) is 5.75 Å². The molecule has 0 aliphatic heterocycles. The fraction of sp³-hybridized carbons (Fsp3) is 0.333. The molecule has 60 valence electrons. The number of alkyl halides is 1. The Kier molecular flexibility index (Phi) is 2.47. The minimum atomic E-state index is -0.420. The van der Waals surface area contributed by atoms with Gasteiger partial charge in [0.1, 0.15) is 5.75 Å². The van der Waals surface area contributed by atoms with Gasteiger partial charge in [-0.25, -0.2) is 0 Å². The van der Waals surface area contributed by atoms with E-state index < -0.39 is 6.67 Å². The summed E-state index contributed by atoms with van der Waals surface area (Å²) in [5.74, 6) is 0.188. The Morgan fingerprint density at radius 1 is 1.45 bits per heavy atom. The molecule has 0 radical (unpaired) electrons. The molecule has 0 saturated heterocycles. The molecule has 11 heavy (non-hydrogen) atoms. The molecule has 1 N–H and O–H groups in total. The molecule has 0 amide bonds. The van der Waals surface area contributed by atoms with Gasteiger partial charge < -0.3 is 5.11 Å². The summed E-state index contributed by atoms with van der Waals surface area (Å²) in [7, 11) is 0. The lowest BCUT2D eigenvalue weighted by Crippen LogP contribution is -1.88. The highest BCUT2D eigenvalue weighted by molar-refractivity contribution is 5.35. The van der Waals surface area contributed by atoms with Crippen molar-refractivity contribution in [3.8, 4) is 5.75 Å². The van der Waals surface area contributed by atoms with Gasteiger partial charge in [-0.1, -0.05) is 17.7 Å². The second-order valence-electron chi connectivity index (χ2n) is 2.57. The number of halogens is 1. The van der Waals surface area contributed by atoms with Gasteiger partial charge in [-0.15, -0.1) is 0 Å². The number of rotatable bonds is 2. The third kappa shape index (κ3) is 1.93. The van der Waals surface area contributed by atoms with Crippen LogP contribution in [0.2, 0.25) is 0 Å². The third-order valence-corrected chi connectivity index (χ3v) is 1.60. The zero-order valence-corrected chi connectivity index (χ0v) is 6.47. The number of hydrogen-bond acceptors (Lipinski definition) is 1. The van der Waals surface area contributed by atoms with Crippen molar-refractivity contribution in [1.29, 1.82) is 0 Å². The Bertz CT molecular complexity index is 245. The summed E-state index contributed by atoms with van der Waals surface area (Å²) in [5, 5.41) is 9.20. The van der Waals surface area contributed by atoms with Gasteiger partial charge in [-0.3, -0.25) is 4.39 Å². The van der Waals surface area contributed by atoms with E-state index in [-0.39, 0.29) is 5.75 Å². The van der Waals surface area contributed by atoms with Crippen LogP contribution in [-0.4, -0.2) is 11.8 Å². The molecule has 1 aromatic rings. The van der Waals surface area contributed by atoms with Crippen molar-refractivity contribution in [3.05, 3.63) is 29.3 Å². The van der Waals surface area contributed by atoms with E-state index in [4.69, 9.17) is 0 Å². The van der Waals surface area contributed by atoms with Crippen LogP contribution in [0, 0.1) is 6.92 Å². The Labute approximate surface area is 65.5 Å². The molecule has 0 aliphatic rings. The van der Waals surface area contributed by atoms with Crippen LogP contribution >= 0.6 is 0 Å². The molecule has 0 heterocycles. The number of phenolic OH excluding ortho intramolecular Hbond substituents is 1. The van der Waals surface area contributed by atoms with Crippen LogP contribution in [0.3, 0.4) is 0 Å². The summed E-state index contributed by atoms with van der Waals surface area (Å²) in [6.07, 6.45) is 0.299. The molecule has 0 unspecified atom stereocenters. The minimum Gasteiger partial charge on any atom is -0.508 e. The number of hydrogen-bond donors (Lipinski definition) is 1. The standard InChI is InChI=1S/C9H11FO/c1-7-2-3-9(11)8(6-7)4-5-10/h2-3,6,11H,4-5H2,1H3. The van der Waals surface area contributed by atoms with Gasteiger partial charge >= 0.3 is 0 Å². The normalized spacial score (nSPS) is 10.0. The van der Waals surface area contributed by atoms with E-state index in [1.165, 1.54) is 0 Å². The summed E-state index contributed by atoms with van der Waals surface area (Å²) >= 11 is 0. The van der Waals surface area contributed by atoms with Gasteiger partial charge in [-0.2, -0.15) is 0 Å². The summed E-state index contributed by atoms with van der Waals surface area (Å²) in [4.78, 5) is 0. The molecule has 0 fully saturated rings. The fourth-order valence-corrected chi connectivity index (χ4v) is 1.02. The number of aromatic hydroxyl groups is 1. The van der Waals surface area contributed by atoms with E-state index in [1.807, 2.05) is 6.92 Å². The van der Waals surface area contributed by atoms with Crippen molar-refractivity contribution < 1.29 is 9.50 Å². The van der Waals surface area contributed by atoms with Gasteiger partial charge in [0.05, 0.1) is 6.67 Å². The largest absolute Gasteiger partial charge is 0.508 e. The summed E-state index contributed by atoms with van der Waals surface area (Å²) < 4.78 is 11.9. The predicted molar refractivity (Wildman–Crippen MR) is 42.5 cm³/mol. The highest BCUT2D eigenvalue weighted by atomic mass is 19.1. The van der Waals surface area contributed by atoms with Gasteiger partial charge in [0.2, 0.25) is 0 Å². The molecule has 0 bridgehead atoms. The second kappa shape index (κ2) is 3.37. The van der Waals surface area contributed by atoms with Crippen molar-refractivity contribution in [3.63, 3.8) is 0 Å². The van der Waals surface area contributed by atoms with E-state index in [2.05, 4.69) is 0 Å². The van der Waals surface area contributed by atoms with Crippen molar-refractivity contribution in [1.82, 2.24) is 0 Å². The number of phenols is 1. The monoisotopic (exact) mass is 154 g/mol.